The van der Waals surface area contributed by atoms with Gasteiger partial charge in [-0.3, -0.25) is 28.8 Å². The molecule has 4 atom stereocenters. The van der Waals surface area contributed by atoms with Crippen LogP contribution in [0.15, 0.2) is 0 Å². The van der Waals surface area contributed by atoms with Crippen LogP contribution in [0.4, 0.5) is 0 Å². The van der Waals surface area contributed by atoms with Crippen molar-refractivity contribution in [3.63, 3.8) is 0 Å². The fourth-order valence-electron chi connectivity index (χ4n) is 2.65. The first-order valence-corrected chi connectivity index (χ1v) is 10.1. The van der Waals surface area contributed by atoms with Crippen molar-refractivity contribution >= 4 is 41.5 Å². The number of carbonyl (C=O) groups excluding carboxylic acids is 4. The summed E-state index contributed by atoms with van der Waals surface area (Å²) in [5.74, 6) is -8.83. The standard InChI is InChI=1S/C18H30N6O10/c19-4-2-1-3-9(18(33)34)22-16(31)10(6-12(21)25)24-17(32)11(7-14(28)29)23-15(30)8(20)5-13(26)27/h8-11H,1-7,19-20H2,(H2,21,25)(H,22,31)(H,23,30)(H,24,32)(H,26,27)(H,28,29)(H,33,34). The van der Waals surface area contributed by atoms with Crippen LogP contribution in [0.5, 0.6) is 0 Å². The minimum Gasteiger partial charge on any atom is -0.481 e. The number of nitrogens with one attached hydrogen (secondary N) is 3. The first-order chi connectivity index (χ1) is 15.8. The number of amides is 4. The van der Waals surface area contributed by atoms with Crippen molar-refractivity contribution in [2.45, 2.75) is 62.7 Å². The summed E-state index contributed by atoms with van der Waals surface area (Å²) < 4.78 is 0. The van der Waals surface area contributed by atoms with E-state index in [0.717, 1.165) is 0 Å². The number of carboxylic acid groups (broad SMARTS) is 3. The van der Waals surface area contributed by atoms with E-state index in [0.29, 0.717) is 19.4 Å². The number of unbranched alkanes of at least 4 members (excludes halogenated alkanes) is 1. The van der Waals surface area contributed by atoms with Crippen molar-refractivity contribution in [1.82, 2.24) is 16.0 Å². The van der Waals surface area contributed by atoms with Crippen LogP contribution in [-0.2, 0) is 33.6 Å². The van der Waals surface area contributed by atoms with Gasteiger partial charge in [0.05, 0.1) is 25.3 Å². The molecule has 0 saturated carbocycles. The zero-order chi connectivity index (χ0) is 26.4. The highest BCUT2D eigenvalue weighted by Crippen LogP contribution is 2.04. The molecule has 0 saturated heterocycles. The van der Waals surface area contributed by atoms with Gasteiger partial charge in [-0.15, -0.1) is 0 Å². The highest BCUT2D eigenvalue weighted by molar-refractivity contribution is 5.97. The summed E-state index contributed by atoms with van der Waals surface area (Å²) in [6, 6.07) is -6.46. The quantitative estimate of drug-likeness (QED) is 0.0877. The smallest absolute Gasteiger partial charge is 0.326 e. The first-order valence-electron chi connectivity index (χ1n) is 10.1. The predicted molar refractivity (Wildman–Crippen MR) is 113 cm³/mol. The van der Waals surface area contributed by atoms with Gasteiger partial charge in [0, 0.05) is 0 Å². The van der Waals surface area contributed by atoms with Crippen molar-refractivity contribution in [3.8, 4) is 0 Å². The molecule has 0 heterocycles. The Kier molecular flexibility index (Phi) is 13.4. The maximum atomic E-state index is 12.6. The molecule has 0 bridgehead atoms. The van der Waals surface area contributed by atoms with Gasteiger partial charge in [-0.1, -0.05) is 0 Å². The van der Waals surface area contributed by atoms with Crippen LogP contribution in [0.25, 0.3) is 0 Å². The Morgan fingerprint density at radius 2 is 1.15 bits per heavy atom. The van der Waals surface area contributed by atoms with Crippen LogP contribution in [-0.4, -0.2) is 87.6 Å². The molecule has 0 spiro atoms. The predicted octanol–water partition coefficient (Wildman–Crippen LogP) is -4.19. The van der Waals surface area contributed by atoms with Gasteiger partial charge in [0.2, 0.25) is 23.6 Å². The van der Waals surface area contributed by atoms with Crippen LogP contribution in [0.2, 0.25) is 0 Å². The molecular formula is C18H30N6O10. The van der Waals surface area contributed by atoms with E-state index in [9.17, 15) is 38.7 Å². The number of carbonyl (C=O) groups is 7. The average molecular weight is 490 g/mol. The van der Waals surface area contributed by atoms with Crippen molar-refractivity contribution in [2.75, 3.05) is 6.54 Å². The molecular weight excluding hydrogens is 460 g/mol. The first kappa shape index (κ1) is 30.2. The lowest BCUT2D eigenvalue weighted by molar-refractivity contribution is -0.144. The van der Waals surface area contributed by atoms with E-state index in [2.05, 4.69) is 10.6 Å². The van der Waals surface area contributed by atoms with E-state index in [1.54, 1.807) is 0 Å². The van der Waals surface area contributed by atoms with Crippen LogP contribution in [0, 0.1) is 0 Å². The molecule has 0 aliphatic carbocycles. The zero-order valence-electron chi connectivity index (χ0n) is 18.2. The maximum absolute atomic E-state index is 12.6. The second-order valence-corrected chi connectivity index (χ2v) is 7.28. The fourth-order valence-corrected chi connectivity index (χ4v) is 2.65. The van der Waals surface area contributed by atoms with Crippen molar-refractivity contribution in [1.29, 1.82) is 0 Å². The monoisotopic (exact) mass is 490 g/mol. The summed E-state index contributed by atoms with van der Waals surface area (Å²) in [4.78, 5) is 81.7. The molecule has 34 heavy (non-hydrogen) atoms. The molecule has 0 aromatic heterocycles. The van der Waals surface area contributed by atoms with E-state index >= 15 is 0 Å². The number of carboxylic acids is 3. The van der Waals surface area contributed by atoms with Gasteiger partial charge in [-0.25, -0.2) is 4.79 Å². The molecule has 0 aromatic rings. The molecule has 0 aliphatic heterocycles. The lowest BCUT2D eigenvalue weighted by Crippen LogP contribution is -2.58. The summed E-state index contributed by atoms with van der Waals surface area (Å²) >= 11 is 0. The van der Waals surface area contributed by atoms with Crippen molar-refractivity contribution in [2.24, 2.45) is 17.2 Å². The van der Waals surface area contributed by atoms with Gasteiger partial charge in [0.25, 0.3) is 0 Å². The summed E-state index contributed by atoms with van der Waals surface area (Å²) in [6.45, 7) is 0.299. The van der Waals surface area contributed by atoms with E-state index in [4.69, 9.17) is 27.4 Å². The molecule has 0 aromatic carbocycles. The number of hydrogen-bond acceptors (Lipinski definition) is 9. The normalized spacial score (nSPS) is 14.1. The van der Waals surface area contributed by atoms with Gasteiger partial charge in [0.15, 0.2) is 0 Å². The second kappa shape index (κ2) is 15.1. The average Bonchev–Trinajstić information content (AvgIpc) is 2.70. The molecule has 16 heteroatoms. The number of rotatable bonds is 17. The van der Waals surface area contributed by atoms with Gasteiger partial charge < -0.3 is 48.5 Å². The number of primary amides is 1. The molecule has 0 radical (unpaired) electrons. The van der Waals surface area contributed by atoms with Gasteiger partial charge in [-0.05, 0) is 25.8 Å². The van der Waals surface area contributed by atoms with Gasteiger partial charge >= 0.3 is 17.9 Å². The van der Waals surface area contributed by atoms with E-state index in [1.165, 1.54) is 0 Å². The fraction of sp³-hybridized carbons (Fsp3) is 0.611. The molecule has 4 unspecified atom stereocenters. The van der Waals surface area contributed by atoms with Crippen LogP contribution in [0.3, 0.4) is 0 Å². The topological polar surface area (TPSA) is 294 Å². The second-order valence-electron chi connectivity index (χ2n) is 7.28. The summed E-state index contributed by atoms with van der Waals surface area (Å²) in [6.07, 6.45) is -1.68. The van der Waals surface area contributed by atoms with Crippen LogP contribution < -0.4 is 33.2 Å². The lowest BCUT2D eigenvalue weighted by atomic mass is 10.1. The summed E-state index contributed by atoms with van der Waals surface area (Å²) in [7, 11) is 0. The zero-order valence-corrected chi connectivity index (χ0v) is 18.2. The Bertz CT molecular complexity index is 789. The van der Waals surface area contributed by atoms with E-state index in [1.807, 2.05) is 5.32 Å². The number of nitrogens with two attached hydrogens (primary N) is 3. The molecule has 4 amide bonds. The maximum Gasteiger partial charge on any atom is 0.326 e. The van der Waals surface area contributed by atoms with Crippen molar-refractivity contribution in [3.05, 3.63) is 0 Å². The van der Waals surface area contributed by atoms with Crippen LogP contribution in [0.1, 0.15) is 38.5 Å². The third-order valence-electron chi connectivity index (χ3n) is 4.34. The third kappa shape index (κ3) is 12.3. The van der Waals surface area contributed by atoms with Gasteiger partial charge in [0.1, 0.15) is 18.1 Å². The minimum atomic E-state index is -1.80. The van der Waals surface area contributed by atoms with E-state index in [-0.39, 0.29) is 6.42 Å². The Morgan fingerprint density at radius 1 is 0.676 bits per heavy atom. The molecule has 0 rings (SSSR count). The molecule has 12 N–H and O–H groups in total. The van der Waals surface area contributed by atoms with Crippen molar-refractivity contribution < 1.29 is 48.9 Å². The Labute approximate surface area is 193 Å². The molecule has 16 nitrogen and oxygen atoms in total. The van der Waals surface area contributed by atoms with Crippen LogP contribution >= 0.6 is 0 Å². The van der Waals surface area contributed by atoms with E-state index < -0.39 is 85.0 Å². The Hall–Kier alpha value is -3.79. The molecule has 0 fully saturated rings. The molecule has 0 aliphatic rings. The Morgan fingerprint density at radius 3 is 1.59 bits per heavy atom. The number of aliphatic carboxylic acids is 3. The Balaban J connectivity index is 5.50. The highest BCUT2D eigenvalue weighted by Gasteiger charge is 2.32. The summed E-state index contributed by atoms with van der Waals surface area (Å²) in [5, 5.41) is 33.2. The SMILES string of the molecule is NCCCCC(NC(=O)C(CC(N)=O)NC(=O)C(CC(=O)O)NC(=O)C(N)CC(=O)O)C(=O)O. The highest BCUT2D eigenvalue weighted by atomic mass is 16.4. The lowest BCUT2D eigenvalue weighted by Gasteiger charge is -2.24. The third-order valence-corrected chi connectivity index (χ3v) is 4.34. The minimum absolute atomic E-state index is 0.00860. The van der Waals surface area contributed by atoms with Gasteiger partial charge in [-0.2, -0.15) is 0 Å². The summed E-state index contributed by atoms with van der Waals surface area (Å²) in [5.41, 5.74) is 15.8. The largest absolute Gasteiger partial charge is 0.481 e. The number of hydrogen-bond donors (Lipinski definition) is 9. The molecule has 192 valence electrons.